The highest BCUT2D eigenvalue weighted by Gasteiger charge is 2.19. The first-order valence-corrected chi connectivity index (χ1v) is 16.6. The van der Waals surface area contributed by atoms with Gasteiger partial charge in [-0.15, -0.1) is 0 Å². The maximum absolute atomic E-state index is 11.2. The molecule has 0 saturated carbocycles. The van der Waals surface area contributed by atoms with E-state index >= 15 is 0 Å². The smallest absolute Gasteiger partial charge is 0.320 e. The molecule has 0 aliphatic carbocycles. The molecule has 5 aromatic carbocycles. The number of aromatic hydroxyl groups is 1. The van der Waals surface area contributed by atoms with Crippen LogP contribution in [0.3, 0.4) is 0 Å². The molecule has 0 amide bonds. The number of phenolic OH excluding ortho intramolecular Hbond substituents is 1. The zero-order chi connectivity index (χ0) is 31.2. The zero-order valence-electron chi connectivity index (χ0n) is 26.7. The average Bonchev–Trinajstić information content (AvgIpc) is 3.07. The predicted octanol–water partition coefficient (Wildman–Crippen LogP) is 10.4. The number of aromatic nitrogens is 3. The van der Waals surface area contributed by atoms with Crippen molar-refractivity contribution in [2.75, 3.05) is 13.2 Å². The second-order valence-corrected chi connectivity index (χ2v) is 12.0. The van der Waals surface area contributed by atoms with Crippen LogP contribution in [0, 0.1) is 5.92 Å². The third-order valence-corrected chi connectivity index (χ3v) is 8.85. The van der Waals surface area contributed by atoms with Crippen LogP contribution in [0.4, 0.5) is 0 Å². The number of hydrogen-bond acceptors (Lipinski definition) is 6. The molecule has 1 heterocycles. The number of benzene rings is 5. The molecule has 45 heavy (non-hydrogen) atoms. The molecule has 0 radical (unpaired) electrons. The van der Waals surface area contributed by atoms with E-state index in [1.165, 1.54) is 46.2 Å². The van der Waals surface area contributed by atoms with Crippen molar-refractivity contribution < 1.29 is 14.6 Å². The molecule has 0 bridgehead atoms. The summed E-state index contributed by atoms with van der Waals surface area (Å²) in [6, 6.07) is 24.9. The minimum absolute atomic E-state index is 0.0653. The molecule has 6 rings (SSSR count). The van der Waals surface area contributed by atoms with Gasteiger partial charge in [0.1, 0.15) is 11.5 Å². The molecule has 0 spiro atoms. The number of ether oxygens (including phenoxy) is 2. The third kappa shape index (κ3) is 6.65. The van der Waals surface area contributed by atoms with Gasteiger partial charge in [-0.05, 0) is 69.3 Å². The summed E-state index contributed by atoms with van der Waals surface area (Å²) in [5.74, 6) is 2.09. The Morgan fingerprint density at radius 2 is 1.36 bits per heavy atom. The van der Waals surface area contributed by atoms with Crippen LogP contribution in [0.25, 0.3) is 55.1 Å². The van der Waals surface area contributed by atoms with Crippen molar-refractivity contribution in [3.63, 3.8) is 0 Å². The van der Waals surface area contributed by atoms with E-state index in [4.69, 9.17) is 19.4 Å². The Kier molecular flexibility index (Phi) is 9.58. The van der Waals surface area contributed by atoms with Gasteiger partial charge in [-0.2, -0.15) is 9.97 Å². The SMILES string of the molecule is CCCCCCOc1nc(-c2ccc(OCC(CC)CCCC)cc2O)nc(-c2ccc3ccc4cccc5ccc2c3c45)n1. The van der Waals surface area contributed by atoms with Crippen LogP contribution in [0.5, 0.6) is 17.5 Å². The van der Waals surface area contributed by atoms with E-state index < -0.39 is 0 Å². The Bertz CT molecular complexity index is 1870. The van der Waals surface area contributed by atoms with Gasteiger partial charge in [-0.3, -0.25) is 0 Å². The van der Waals surface area contributed by atoms with E-state index in [9.17, 15) is 5.11 Å². The Hall–Kier alpha value is -4.45. The van der Waals surface area contributed by atoms with E-state index in [1.54, 1.807) is 6.07 Å². The van der Waals surface area contributed by atoms with Gasteiger partial charge < -0.3 is 14.6 Å². The molecule has 1 aromatic heterocycles. The lowest BCUT2D eigenvalue weighted by Gasteiger charge is -2.16. The second-order valence-electron chi connectivity index (χ2n) is 12.0. The Morgan fingerprint density at radius 1 is 0.667 bits per heavy atom. The lowest BCUT2D eigenvalue weighted by molar-refractivity contribution is 0.232. The topological polar surface area (TPSA) is 77.4 Å². The molecule has 1 atom stereocenters. The summed E-state index contributed by atoms with van der Waals surface area (Å²) in [5.41, 5.74) is 1.41. The number of rotatable bonds is 15. The summed E-state index contributed by atoms with van der Waals surface area (Å²) in [4.78, 5) is 14.4. The molecule has 6 aromatic rings. The lowest BCUT2D eigenvalue weighted by Crippen LogP contribution is -2.11. The average molecular weight is 602 g/mol. The normalized spacial score (nSPS) is 12.3. The van der Waals surface area contributed by atoms with Crippen molar-refractivity contribution in [2.24, 2.45) is 5.92 Å². The van der Waals surface area contributed by atoms with Gasteiger partial charge in [0.25, 0.3) is 0 Å². The summed E-state index contributed by atoms with van der Waals surface area (Å²) >= 11 is 0. The number of nitrogens with zero attached hydrogens (tertiary/aromatic N) is 3. The molecule has 232 valence electrons. The van der Waals surface area contributed by atoms with Gasteiger partial charge >= 0.3 is 6.01 Å². The minimum atomic E-state index is 0.0653. The molecular formula is C39H43N3O3. The second kappa shape index (κ2) is 14.1. The van der Waals surface area contributed by atoms with Gasteiger partial charge in [0.15, 0.2) is 11.6 Å². The van der Waals surface area contributed by atoms with Crippen molar-refractivity contribution in [3.05, 3.63) is 72.8 Å². The minimum Gasteiger partial charge on any atom is -0.507 e. The summed E-state index contributed by atoms with van der Waals surface area (Å²) in [7, 11) is 0. The highest BCUT2D eigenvalue weighted by molar-refractivity contribution is 6.25. The molecule has 6 heteroatoms. The van der Waals surface area contributed by atoms with Crippen molar-refractivity contribution >= 4 is 32.3 Å². The molecule has 1 unspecified atom stereocenters. The maximum atomic E-state index is 11.2. The molecule has 6 nitrogen and oxygen atoms in total. The first-order chi connectivity index (χ1) is 22.1. The standard InChI is InChI=1S/C39H43N3O3/c1-4-7-9-10-23-44-39-41-37(32-21-18-29-16-15-27-13-11-14-28-17-20-31(32)36(29)35(27)28)40-38(42-39)33-22-19-30(24-34(33)43)45-25-26(6-3)12-8-5-2/h11,13-22,24,26,43H,4-10,12,23,25H2,1-3H3. The number of unbranched alkanes of at least 4 members (excludes halogenated alkanes) is 4. The van der Waals surface area contributed by atoms with Crippen LogP contribution in [0.15, 0.2) is 72.8 Å². The first kappa shape index (κ1) is 30.6. The van der Waals surface area contributed by atoms with Gasteiger partial charge in [0.2, 0.25) is 0 Å². The fraction of sp³-hybridized carbons (Fsp3) is 0.359. The Morgan fingerprint density at radius 3 is 2.09 bits per heavy atom. The zero-order valence-corrected chi connectivity index (χ0v) is 26.7. The van der Waals surface area contributed by atoms with E-state index in [-0.39, 0.29) is 11.8 Å². The first-order valence-electron chi connectivity index (χ1n) is 16.6. The van der Waals surface area contributed by atoms with Crippen molar-refractivity contribution in [3.8, 4) is 40.3 Å². The van der Waals surface area contributed by atoms with Gasteiger partial charge in [0.05, 0.1) is 18.8 Å². The van der Waals surface area contributed by atoms with Crippen molar-refractivity contribution in [2.45, 2.75) is 72.1 Å². The summed E-state index contributed by atoms with van der Waals surface area (Å²) in [6.07, 6.45) is 8.94. The van der Waals surface area contributed by atoms with E-state index in [0.717, 1.165) is 43.1 Å². The lowest BCUT2D eigenvalue weighted by atomic mass is 9.92. The maximum Gasteiger partial charge on any atom is 0.320 e. The summed E-state index contributed by atoms with van der Waals surface area (Å²) in [5, 5.41) is 18.3. The monoisotopic (exact) mass is 601 g/mol. The van der Waals surface area contributed by atoms with E-state index in [1.807, 2.05) is 12.1 Å². The molecule has 0 aliphatic heterocycles. The predicted molar refractivity (Wildman–Crippen MR) is 185 cm³/mol. The van der Waals surface area contributed by atoms with E-state index in [2.05, 4.69) is 80.4 Å². The number of phenols is 1. The largest absolute Gasteiger partial charge is 0.507 e. The third-order valence-electron chi connectivity index (χ3n) is 8.85. The van der Waals surface area contributed by atoms with Crippen molar-refractivity contribution in [1.29, 1.82) is 0 Å². The number of hydrogen-bond donors (Lipinski definition) is 1. The molecule has 1 N–H and O–H groups in total. The van der Waals surface area contributed by atoms with Gasteiger partial charge in [-0.25, -0.2) is 4.98 Å². The fourth-order valence-electron chi connectivity index (χ4n) is 6.19. The van der Waals surface area contributed by atoms with Crippen LogP contribution < -0.4 is 9.47 Å². The Labute approximate surface area is 265 Å². The molecule has 0 saturated heterocycles. The van der Waals surface area contributed by atoms with Crippen LogP contribution >= 0.6 is 0 Å². The van der Waals surface area contributed by atoms with Crippen molar-refractivity contribution in [1.82, 2.24) is 15.0 Å². The Balaban J connectivity index is 1.38. The van der Waals surface area contributed by atoms with Gasteiger partial charge in [0, 0.05) is 11.6 Å². The molecular weight excluding hydrogens is 558 g/mol. The van der Waals surface area contributed by atoms with Crippen LogP contribution in [0.1, 0.15) is 72.1 Å². The van der Waals surface area contributed by atoms with Crippen LogP contribution in [-0.2, 0) is 0 Å². The highest BCUT2D eigenvalue weighted by atomic mass is 16.5. The van der Waals surface area contributed by atoms with Crippen LogP contribution in [-0.4, -0.2) is 33.3 Å². The fourth-order valence-corrected chi connectivity index (χ4v) is 6.19. The summed E-state index contributed by atoms with van der Waals surface area (Å²) in [6.45, 7) is 7.77. The van der Waals surface area contributed by atoms with E-state index in [0.29, 0.717) is 42.1 Å². The highest BCUT2D eigenvalue weighted by Crippen LogP contribution is 2.39. The molecule has 0 fully saturated rings. The van der Waals surface area contributed by atoms with Gasteiger partial charge in [-0.1, -0.05) is 108 Å². The quantitative estimate of drug-likeness (QED) is 0.0932. The van der Waals surface area contributed by atoms with Crippen LogP contribution in [0.2, 0.25) is 0 Å². The summed E-state index contributed by atoms with van der Waals surface area (Å²) < 4.78 is 12.2. The molecule has 0 aliphatic rings.